The third kappa shape index (κ3) is 4.35. The second-order valence-corrected chi connectivity index (χ2v) is 6.27. The van der Waals surface area contributed by atoms with Crippen LogP contribution >= 0.6 is 0 Å². The second-order valence-electron chi connectivity index (χ2n) is 6.27. The minimum Gasteiger partial charge on any atom is -0.494 e. The number of rotatable bonds is 5. The van der Waals surface area contributed by atoms with E-state index >= 15 is 0 Å². The Hall–Kier alpha value is -2.34. The highest BCUT2D eigenvalue weighted by Gasteiger charge is 2.38. The molecule has 1 heterocycles. The lowest BCUT2D eigenvalue weighted by Crippen LogP contribution is -2.41. The average molecular weight is 333 g/mol. The number of benzene rings is 1. The number of hydrogen-bond acceptors (Lipinski definition) is 6. The van der Waals surface area contributed by atoms with E-state index in [-0.39, 0.29) is 5.57 Å². The summed E-state index contributed by atoms with van der Waals surface area (Å²) in [4.78, 5) is 26.1. The lowest BCUT2D eigenvalue weighted by atomic mass is 10.1. The highest BCUT2D eigenvalue weighted by molar-refractivity contribution is 6.18. The van der Waals surface area contributed by atoms with E-state index in [1.165, 1.54) is 19.9 Å². The zero-order chi connectivity index (χ0) is 17.9. The molecule has 6 heteroatoms. The summed E-state index contributed by atoms with van der Waals surface area (Å²) in [5, 5.41) is 0. The maximum atomic E-state index is 12.0. The number of nitrogens with zero attached hydrogens (tertiary/aromatic N) is 1. The third-order valence-corrected chi connectivity index (χ3v) is 3.30. The Balaban J connectivity index is 2.35. The Morgan fingerprint density at radius 3 is 2.33 bits per heavy atom. The zero-order valence-electron chi connectivity index (χ0n) is 14.7. The van der Waals surface area contributed by atoms with Gasteiger partial charge in [-0.05, 0) is 44.8 Å². The van der Waals surface area contributed by atoms with Crippen LogP contribution in [0.2, 0.25) is 0 Å². The van der Waals surface area contributed by atoms with Crippen molar-refractivity contribution < 1.29 is 23.8 Å². The summed E-state index contributed by atoms with van der Waals surface area (Å²) >= 11 is 0. The van der Waals surface area contributed by atoms with E-state index in [0.717, 1.165) is 11.3 Å². The van der Waals surface area contributed by atoms with E-state index in [1.807, 2.05) is 38.1 Å². The SMILES string of the molecule is CCOc1ccc(C=C2C(=O)OC(C)(C)OC2=O)cc1CN(C)C. The fourth-order valence-electron chi connectivity index (χ4n) is 2.39. The minimum absolute atomic E-state index is 0.116. The summed E-state index contributed by atoms with van der Waals surface area (Å²) in [6.45, 7) is 6.20. The Morgan fingerprint density at radius 2 is 1.79 bits per heavy atom. The normalized spacial score (nSPS) is 16.7. The van der Waals surface area contributed by atoms with Crippen LogP contribution in [-0.2, 0) is 25.6 Å². The van der Waals surface area contributed by atoms with Crippen molar-refractivity contribution >= 4 is 18.0 Å². The fourth-order valence-corrected chi connectivity index (χ4v) is 2.39. The summed E-state index contributed by atoms with van der Waals surface area (Å²) in [5.41, 5.74) is 1.56. The van der Waals surface area contributed by atoms with Crippen molar-refractivity contribution in [3.8, 4) is 5.75 Å². The summed E-state index contributed by atoms with van der Waals surface area (Å²) in [6, 6.07) is 5.51. The minimum atomic E-state index is -1.24. The van der Waals surface area contributed by atoms with Crippen molar-refractivity contribution in [2.45, 2.75) is 33.1 Å². The van der Waals surface area contributed by atoms with Crippen LogP contribution in [0.3, 0.4) is 0 Å². The third-order valence-electron chi connectivity index (χ3n) is 3.30. The first-order chi connectivity index (χ1) is 11.2. The van der Waals surface area contributed by atoms with E-state index < -0.39 is 17.7 Å². The van der Waals surface area contributed by atoms with Crippen LogP contribution in [0.25, 0.3) is 6.08 Å². The molecule has 1 aromatic rings. The molecule has 0 unspecified atom stereocenters. The van der Waals surface area contributed by atoms with Gasteiger partial charge in [-0.2, -0.15) is 0 Å². The van der Waals surface area contributed by atoms with Gasteiger partial charge in [-0.15, -0.1) is 0 Å². The van der Waals surface area contributed by atoms with Gasteiger partial charge in [-0.3, -0.25) is 0 Å². The van der Waals surface area contributed by atoms with Crippen molar-refractivity contribution in [3.05, 3.63) is 34.9 Å². The maximum Gasteiger partial charge on any atom is 0.348 e. The van der Waals surface area contributed by atoms with Crippen LogP contribution in [0.15, 0.2) is 23.8 Å². The number of cyclic esters (lactones) is 2. The van der Waals surface area contributed by atoms with Crippen molar-refractivity contribution in [2.75, 3.05) is 20.7 Å². The standard InChI is InChI=1S/C18H23NO5/c1-6-22-15-8-7-12(9-13(15)11-19(4)5)10-14-16(20)23-18(2,3)24-17(14)21/h7-10H,6,11H2,1-5H3. The number of carbonyl (C=O) groups excluding carboxylic acids is 2. The van der Waals surface area contributed by atoms with Gasteiger partial charge in [0, 0.05) is 26.0 Å². The van der Waals surface area contributed by atoms with Crippen LogP contribution in [0, 0.1) is 0 Å². The van der Waals surface area contributed by atoms with Gasteiger partial charge in [0.1, 0.15) is 11.3 Å². The van der Waals surface area contributed by atoms with Crippen molar-refractivity contribution in [1.82, 2.24) is 4.90 Å². The molecule has 0 aromatic heterocycles. The Morgan fingerprint density at radius 1 is 1.17 bits per heavy atom. The number of ether oxygens (including phenoxy) is 3. The molecule has 130 valence electrons. The summed E-state index contributed by atoms with van der Waals surface area (Å²) in [7, 11) is 3.91. The van der Waals surface area contributed by atoms with E-state index in [9.17, 15) is 9.59 Å². The maximum absolute atomic E-state index is 12.0. The molecule has 1 saturated heterocycles. The number of esters is 2. The average Bonchev–Trinajstić information content (AvgIpc) is 2.44. The molecule has 6 nitrogen and oxygen atoms in total. The predicted octanol–water partition coefficient (Wildman–Crippen LogP) is 2.37. The Kier molecular flexibility index (Phi) is 5.29. The number of carbonyl (C=O) groups is 2. The molecule has 0 amide bonds. The number of hydrogen-bond donors (Lipinski definition) is 0. The molecule has 2 rings (SSSR count). The molecule has 0 spiro atoms. The Bertz CT molecular complexity index is 654. The van der Waals surface area contributed by atoms with Gasteiger partial charge in [0.05, 0.1) is 6.61 Å². The first kappa shape index (κ1) is 18.0. The molecular weight excluding hydrogens is 310 g/mol. The molecule has 1 aliphatic rings. The van der Waals surface area contributed by atoms with Crippen LogP contribution in [0.5, 0.6) is 5.75 Å². The van der Waals surface area contributed by atoms with Gasteiger partial charge in [0.15, 0.2) is 0 Å². The molecule has 0 atom stereocenters. The smallest absolute Gasteiger partial charge is 0.348 e. The van der Waals surface area contributed by atoms with E-state index in [1.54, 1.807) is 6.07 Å². The first-order valence-corrected chi connectivity index (χ1v) is 7.80. The highest BCUT2D eigenvalue weighted by atomic mass is 16.7. The molecule has 1 fully saturated rings. The summed E-state index contributed by atoms with van der Waals surface area (Å²) in [6.07, 6.45) is 1.48. The molecule has 0 N–H and O–H groups in total. The molecule has 1 aliphatic heterocycles. The largest absolute Gasteiger partial charge is 0.494 e. The topological polar surface area (TPSA) is 65.1 Å². The lowest BCUT2D eigenvalue weighted by Gasteiger charge is -2.29. The van der Waals surface area contributed by atoms with Crippen LogP contribution in [0.1, 0.15) is 31.9 Å². The molecular formula is C18H23NO5. The van der Waals surface area contributed by atoms with Crippen LogP contribution in [0.4, 0.5) is 0 Å². The van der Waals surface area contributed by atoms with E-state index in [2.05, 4.69) is 0 Å². The van der Waals surface area contributed by atoms with E-state index in [4.69, 9.17) is 14.2 Å². The lowest BCUT2D eigenvalue weighted by molar-refractivity contribution is -0.222. The van der Waals surface area contributed by atoms with Gasteiger partial charge in [-0.1, -0.05) is 6.07 Å². The molecule has 0 saturated carbocycles. The van der Waals surface area contributed by atoms with E-state index in [0.29, 0.717) is 18.7 Å². The highest BCUT2D eigenvalue weighted by Crippen LogP contribution is 2.26. The zero-order valence-corrected chi connectivity index (χ0v) is 14.7. The van der Waals surface area contributed by atoms with Crippen LogP contribution < -0.4 is 4.74 Å². The Labute approximate surface area is 142 Å². The monoisotopic (exact) mass is 333 g/mol. The van der Waals surface area contributed by atoms with Gasteiger partial charge in [0.2, 0.25) is 0 Å². The molecule has 0 aliphatic carbocycles. The van der Waals surface area contributed by atoms with Gasteiger partial charge in [0.25, 0.3) is 5.79 Å². The summed E-state index contributed by atoms with van der Waals surface area (Å²) < 4.78 is 15.8. The molecule has 24 heavy (non-hydrogen) atoms. The molecule has 1 aromatic carbocycles. The van der Waals surface area contributed by atoms with Gasteiger partial charge < -0.3 is 19.1 Å². The van der Waals surface area contributed by atoms with Gasteiger partial charge >= 0.3 is 11.9 Å². The van der Waals surface area contributed by atoms with Gasteiger partial charge in [-0.25, -0.2) is 9.59 Å². The fraction of sp³-hybridized carbons (Fsp3) is 0.444. The molecule has 0 radical (unpaired) electrons. The van der Waals surface area contributed by atoms with Crippen molar-refractivity contribution in [1.29, 1.82) is 0 Å². The van der Waals surface area contributed by atoms with Crippen molar-refractivity contribution in [3.63, 3.8) is 0 Å². The molecule has 0 bridgehead atoms. The quantitative estimate of drug-likeness (QED) is 0.468. The predicted molar refractivity (Wildman–Crippen MR) is 89.2 cm³/mol. The second kappa shape index (κ2) is 7.05. The van der Waals surface area contributed by atoms with Crippen LogP contribution in [-0.4, -0.2) is 43.3 Å². The summed E-state index contributed by atoms with van der Waals surface area (Å²) in [5.74, 6) is -1.82. The first-order valence-electron chi connectivity index (χ1n) is 7.80. The van der Waals surface area contributed by atoms with Crippen molar-refractivity contribution in [2.24, 2.45) is 0 Å².